The van der Waals surface area contributed by atoms with Crippen LogP contribution in [0, 0.1) is 0 Å². The Hall–Kier alpha value is -0.830. The van der Waals surface area contributed by atoms with Crippen molar-refractivity contribution in [2.24, 2.45) is 0 Å². The number of nitrogen functional groups attached to an aromatic ring is 1. The monoisotopic (exact) mass is 225 g/mol. The molecule has 0 spiro atoms. The van der Waals surface area contributed by atoms with Gasteiger partial charge in [0.25, 0.3) is 0 Å². The molecule has 0 radical (unpaired) electrons. The summed E-state index contributed by atoms with van der Waals surface area (Å²) < 4.78 is 5.10. The largest absolute Gasteiger partial charge is 0.399 e. The molecule has 4 nitrogen and oxygen atoms in total. The van der Waals surface area contributed by atoms with Crippen LogP contribution in [-0.2, 0) is 4.62 Å². The van der Waals surface area contributed by atoms with E-state index < -0.39 is 0 Å². The molecule has 0 aromatic heterocycles. The van der Waals surface area contributed by atoms with Crippen molar-refractivity contribution >= 4 is 20.8 Å². The lowest BCUT2D eigenvalue weighted by Crippen LogP contribution is -2.45. The Bertz CT molecular complexity index is 309. The number of hydroxylamine groups is 2. The van der Waals surface area contributed by atoms with E-state index in [4.69, 9.17) is 10.4 Å². The number of anilines is 2. The lowest BCUT2D eigenvalue weighted by atomic mass is 10.2. The van der Waals surface area contributed by atoms with Crippen molar-refractivity contribution < 1.29 is 4.62 Å². The third-order valence-electron chi connectivity index (χ3n) is 2.65. The summed E-state index contributed by atoms with van der Waals surface area (Å²) in [6.45, 7) is 3.82. The first kappa shape index (κ1) is 10.7. The smallest absolute Gasteiger partial charge is 0.0420 e. The zero-order valence-electron chi connectivity index (χ0n) is 8.60. The van der Waals surface area contributed by atoms with Crippen LogP contribution in [0.15, 0.2) is 24.3 Å². The Kier molecular flexibility index (Phi) is 3.41. The van der Waals surface area contributed by atoms with Gasteiger partial charge in [-0.3, -0.25) is 4.62 Å². The second-order valence-corrected chi connectivity index (χ2v) is 3.82. The molecule has 5 heteroatoms. The second-order valence-electron chi connectivity index (χ2n) is 3.61. The highest BCUT2D eigenvalue weighted by atomic mass is 31.0. The number of piperazine rings is 1. The van der Waals surface area contributed by atoms with Crippen LogP contribution in [0.5, 0.6) is 0 Å². The lowest BCUT2D eigenvalue weighted by Gasteiger charge is -2.34. The highest BCUT2D eigenvalue weighted by molar-refractivity contribution is 7.09. The van der Waals surface area contributed by atoms with E-state index in [-0.39, 0.29) is 0 Å². The molecule has 0 bridgehead atoms. The van der Waals surface area contributed by atoms with Crippen molar-refractivity contribution in [2.75, 3.05) is 36.8 Å². The van der Waals surface area contributed by atoms with Gasteiger partial charge in [0.2, 0.25) is 0 Å². The minimum atomic E-state index is 0.811. The molecular weight excluding hydrogens is 209 g/mol. The van der Waals surface area contributed by atoms with E-state index in [1.54, 1.807) is 0 Å². The normalized spacial score (nSPS) is 18.1. The Morgan fingerprint density at radius 1 is 1.07 bits per heavy atom. The van der Waals surface area contributed by atoms with Gasteiger partial charge in [-0.1, -0.05) is 0 Å². The maximum atomic E-state index is 5.65. The molecule has 2 rings (SSSR count). The number of nitrogens with two attached hydrogens (primary N) is 1. The van der Waals surface area contributed by atoms with Gasteiger partial charge in [-0.05, 0) is 24.3 Å². The zero-order valence-corrected chi connectivity index (χ0v) is 9.75. The first-order valence-electron chi connectivity index (χ1n) is 5.02. The summed E-state index contributed by atoms with van der Waals surface area (Å²) in [5, 5.41) is 1.94. The average Bonchev–Trinajstić information content (AvgIpc) is 2.30. The third kappa shape index (κ3) is 2.59. The maximum absolute atomic E-state index is 5.65. The van der Waals surface area contributed by atoms with Crippen molar-refractivity contribution in [1.29, 1.82) is 0 Å². The van der Waals surface area contributed by atoms with Crippen LogP contribution in [0.4, 0.5) is 11.4 Å². The molecule has 1 aromatic rings. The zero-order chi connectivity index (χ0) is 10.7. The van der Waals surface area contributed by atoms with E-state index in [1.807, 2.05) is 17.2 Å². The molecule has 0 saturated carbocycles. The Labute approximate surface area is 92.2 Å². The molecular formula is C10H16N3OP. The standard InChI is InChI=1S/C10H16N3OP/c11-9-1-3-10(4-2-9)12-5-7-13(14-15)8-6-12/h1-4H,5-8,11,15H2. The molecule has 1 heterocycles. The first-order chi connectivity index (χ1) is 7.29. The van der Waals surface area contributed by atoms with Crippen molar-refractivity contribution in [1.82, 2.24) is 5.06 Å². The van der Waals surface area contributed by atoms with Gasteiger partial charge in [0, 0.05) is 47.0 Å². The Balaban J connectivity index is 1.98. The van der Waals surface area contributed by atoms with E-state index in [0.717, 1.165) is 31.9 Å². The minimum Gasteiger partial charge on any atom is -0.399 e. The number of hydrogen-bond acceptors (Lipinski definition) is 4. The fourth-order valence-electron chi connectivity index (χ4n) is 1.74. The summed E-state index contributed by atoms with van der Waals surface area (Å²) in [6, 6.07) is 8.00. The first-order valence-corrected chi connectivity index (χ1v) is 5.49. The van der Waals surface area contributed by atoms with Gasteiger partial charge in [0.15, 0.2) is 0 Å². The van der Waals surface area contributed by atoms with Crippen molar-refractivity contribution in [2.45, 2.75) is 0 Å². The molecule has 1 aromatic carbocycles. The number of hydrogen-bond donors (Lipinski definition) is 1. The van der Waals surface area contributed by atoms with Gasteiger partial charge in [-0.25, -0.2) is 0 Å². The van der Waals surface area contributed by atoms with E-state index in [9.17, 15) is 0 Å². The van der Waals surface area contributed by atoms with Crippen LogP contribution in [-0.4, -0.2) is 31.2 Å². The van der Waals surface area contributed by atoms with Crippen LogP contribution >= 0.6 is 9.47 Å². The minimum absolute atomic E-state index is 0.811. The third-order valence-corrected chi connectivity index (χ3v) is 2.94. The van der Waals surface area contributed by atoms with Gasteiger partial charge in [-0.2, -0.15) is 5.06 Å². The van der Waals surface area contributed by atoms with Crippen molar-refractivity contribution in [3.05, 3.63) is 24.3 Å². The molecule has 1 aliphatic rings. The van der Waals surface area contributed by atoms with Crippen molar-refractivity contribution in [3.63, 3.8) is 0 Å². The molecule has 0 amide bonds. The summed E-state index contributed by atoms with van der Waals surface area (Å²) >= 11 is 0. The molecule has 15 heavy (non-hydrogen) atoms. The average molecular weight is 225 g/mol. The molecule has 0 aliphatic carbocycles. The SMILES string of the molecule is Nc1ccc(N2CCN(OP)CC2)cc1. The quantitative estimate of drug-likeness (QED) is 0.605. The van der Waals surface area contributed by atoms with Crippen LogP contribution in [0.1, 0.15) is 0 Å². The van der Waals surface area contributed by atoms with Gasteiger partial charge < -0.3 is 10.6 Å². The summed E-state index contributed by atoms with van der Waals surface area (Å²) in [4.78, 5) is 2.33. The molecule has 1 fully saturated rings. The Morgan fingerprint density at radius 2 is 1.67 bits per heavy atom. The van der Waals surface area contributed by atoms with E-state index in [0.29, 0.717) is 0 Å². The maximum Gasteiger partial charge on any atom is 0.0420 e. The van der Waals surface area contributed by atoms with Crippen molar-refractivity contribution in [3.8, 4) is 0 Å². The number of benzene rings is 1. The summed E-state index contributed by atoms with van der Waals surface area (Å²) in [7, 11) is 2.28. The predicted molar refractivity (Wildman–Crippen MR) is 65.4 cm³/mol. The fourth-order valence-corrected chi connectivity index (χ4v) is 1.95. The van der Waals surface area contributed by atoms with Crippen LogP contribution in [0.2, 0.25) is 0 Å². The van der Waals surface area contributed by atoms with Gasteiger partial charge >= 0.3 is 0 Å². The lowest BCUT2D eigenvalue weighted by molar-refractivity contribution is -0.0432. The molecule has 2 N–H and O–H groups in total. The van der Waals surface area contributed by atoms with Gasteiger partial charge in [0.1, 0.15) is 0 Å². The molecule has 1 saturated heterocycles. The van der Waals surface area contributed by atoms with Gasteiger partial charge in [0.05, 0.1) is 0 Å². The van der Waals surface area contributed by atoms with E-state index in [2.05, 4.69) is 26.5 Å². The number of nitrogens with zero attached hydrogens (tertiary/aromatic N) is 2. The summed E-state index contributed by atoms with van der Waals surface area (Å²) in [5.41, 5.74) is 7.69. The molecule has 82 valence electrons. The van der Waals surface area contributed by atoms with E-state index in [1.165, 1.54) is 5.69 Å². The number of rotatable bonds is 2. The fraction of sp³-hybridized carbons (Fsp3) is 0.400. The Morgan fingerprint density at radius 3 is 2.20 bits per heavy atom. The van der Waals surface area contributed by atoms with E-state index >= 15 is 0 Å². The second kappa shape index (κ2) is 4.79. The molecule has 1 unspecified atom stereocenters. The molecule has 1 atom stereocenters. The molecule has 1 aliphatic heterocycles. The summed E-state index contributed by atoms with van der Waals surface area (Å²) in [6.07, 6.45) is 0. The van der Waals surface area contributed by atoms with Crippen LogP contribution < -0.4 is 10.6 Å². The predicted octanol–water partition coefficient (Wildman–Crippen LogP) is 1.11. The summed E-state index contributed by atoms with van der Waals surface area (Å²) in [5.74, 6) is 0. The topological polar surface area (TPSA) is 41.7 Å². The highest BCUT2D eigenvalue weighted by Gasteiger charge is 2.16. The highest BCUT2D eigenvalue weighted by Crippen LogP contribution is 2.18. The van der Waals surface area contributed by atoms with Crippen LogP contribution in [0.3, 0.4) is 0 Å². The van der Waals surface area contributed by atoms with Crippen LogP contribution in [0.25, 0.3) is 0 Å². The van der Waals surface area contributed by atoms with Gasteiger partial charge in [-0.15, -0.1) is 0 Å².